The van der Waals surface area contributed by atoms with Crippen molar-refractivity contribution >= 4 is 0 Å². The maximum absolute atomic E-state index is 5.41. The maximum atomic E-state index is 5.41. The van der Waals surface area contributed by atoms with Crippen molar-refractivity contribution in [2.75, 3.05) is 7.11 Å². The van der Waals surface area contributed by atoms with Crippen molar-refractivity contribution in [3.05, 3.63) is 0 Å². The molecule has 2 atom stereocenters. The monoisotopic (exact) mass is 183 g/mol. The van der Waals surface area contributed by atoms with E-state index >= 15 is 0 Å². The number of rotatable bonds is 3. The third kappa shape index (κ3) is 2.44. The Hall–Kier alpha value is -0.0800. The van der Waals surface area contributed by atoms with Crippen molar-refractivity contribution in [3.8, 4) is 0 Å². The molecular formula is C11H21NO. The lowest BCUT2D eigenvalue weighted by Crippen LogP contribution is -2.45. The van der Waals surface area contributed by atoms with Crippen molar-refractivity contribution in [1.29, 1.82) is 0 Å². The molecule has 0 aromatic rings. The average molecular weight is 183 g/mol. The van der Waals surface area contributed by atoms with E-state index in [4.69, 9.17) is 4.74 Å². The number of hydrogen-bond acceptors (Lipinski definition) is 2. The number of hydrogen-bond donors (Lipinski definition) is 1. The summed E-state index contributed by atoms with van der Waals surface area (Å²) in [4.78, 5) is 0. The zero-order chi connectivity index (χ0) is 9.10. The van der Waals surface area contributed by atoms with Gasteiger partial charge in [-0.2, -0.15) is 0 Å². The fourth-order valence-corrected chi connectivity index (χ4v) is 2.42. The molecule has 2 rings (SSSR count). The lowest BCUT2D eigenvalue weighted by Gasteiger charge is -2.35. The summed E-state index contributed by atoms with van der Waals surface area (Å²) in [5, 5.41) is 3.74. The lowest BCUT2D eigenvalue weighted by molar-refractivity contribution is 0.0546. The standard InChI is InChI=1S/C11H21NO/c1-13-11-7-3-6-10(8-11)12-9-4-2-5-9/h9-12H,2-8H2,1H3. The van der Waals surface area contributed by atoms with Crippen LogP contribution in [0, 0.1) is 0 Å². The molecule has 2 aliphatic carbocycles. The predicted molar refractivity (Wildman–Crippen MR) is 53.8 cm³/mol. The van der Waals surface area contributed by atoms with E-state index in [-0.39, 0.29) is 0 Å². The Balaban J connectivity index is 1.71. The Morgan fingerprint density at radius 2 is 1.69 bits per heavy atom. The smallest absolute Gasteiger partial charge is 0.0586 e. The molecule has 0 saturated heterocycles. The van der Waals surface area contributed by atoms with Crippen LogP contribution in [0.25, 0.3) is 0 Å². The van der Waals surface area contributed by atoms with Gasteiger partial charge in [-0.3, -0.25) is 0 Å². The Morgan fingerprint density at radius 3 is 2.31 bits per heavy atom. The van der Waals surface area contributed by atoms with Gasteiger partial charge in [0.25, 0.3) is 0 Å². The largest absolute Gasteiger partial charge is 0.381 e. The second-order valence-corrected chi connectivity index (χ2v) is 4.52. The highest BCUT2D eigenvalue weighted by molar-refractivity contribution is 4.84. The summed E-state index contributed by atoms with van der Waals surface area (Å²) in [5.41, 5.74) is 0. The molecule has 0 spiro atoms. The third-order valence-electron chi connectivity index (χ3n) is 3.54. The van der Waals surface area contributed by atoms with Crippen LogP contribution in [0.5, 0.6) is 0 Å². The van der Waals surface area contributed by atoms with Gasteiger partial charge in [-0.1, -0.05) is 6.42 Å². The van der Waals surface area contributed by atoms with Gasteiger partial charge < -0.3 is 10.1 Å². The van der Waals surface area contributed by atoms with Crippen molar-refractivity contribution in [1.82, 2.24) is 5.32 Å². The van der Waals surface area contributed by atoms with E-state index in [1.807, 2.05) is 7.11 Å². The van der Waals surface area contributed by atoms with E-state index in [0.29, 0.717) is 6.10 Å². The number of nitrogens with one attached hydrogen (secondary N) is 1. The molecule has 2 aliphatic rings. The van der Waals surface area contributed by atoms with Gasteiger partial charge in [-0.05, 0) is 38.5 Å². The van der Waals surface area contributed by atoms with Crippen LogP contribution < -0.4 is 5.32 Å². The first kappa shape index (κ1) is 9.47. The molecule has 2 heteroatoms. The molecule has 2 unspecified atom stereocenters. The summed E-state index contributed by atoms with van der Waals surface area (Å²) in [7, 11) is 1.84. The predicted octanol–water partition coefficient (Wildman–Crippen LogP) is 2.09. The minimum absolute atomic E-state index is 0.520. The fourth-order valence-electron chi connectivity index (χ4n) is 2.42. The Bertz CT molecular complexity index is 154. The zero-order valence-corrected chi connectivity index (χ0v) is 8.59. The van der Waals surface area contributed by atoms with E-state index in [1.165, 1.54) is 44.9 Å². The quantitative estimate of drug-likeness (QED) is 0.723. The third-order valence-corrected chi connectivity index (χ3v) is 3.54. The Labute approximate surface area is 81.0 Å². The van der Waals surface area contributed by atoms with Gasteiger partial charge in [-0.15, -0.1) is 0 Å². The normalized spacial score (nSPS) is 35.8. The molecular weight excluding hydrogens is 162 g/mol. The molecule has 0 radical (unpaired) electrons. The molecule has 2 fully saturated rings. The van der Waals surface area contributed by atoms with E-state index in [1.54, 1.807) is 0 Å². The van der Waals surface area contributed by atoms with Crippen LogP contribution in [0.1, 0.15) is 44.9 Å². The van der Waals surface area contributed by atoms with Crippen LogP contribution >= 0.6 is 0 Å². The molecule has 0 amide bonds. The topological polar surface area (TPSA) is 21.3 Å². The maximum Gasteiger partial charge on any atom is 0.0586 e. The molecule has 0 aromatic heterocycles. The van der Waals surface area contributed by atoms with E-state index in [2.05, 4.69) is 5.32 Å². The van der Waals surface area contributed by atoms with E-state index in [9.17, 15) is 0 Å². The summed E-state index contributed by atoms with van der Waals surface area (Å²) >= 11 is 0. The first-order chi connectivity index (χ1) is 6.38. The second kappa shape index (κ2) is 4.43. The molecule has 2 nitrogen and oxygen atoms in total. The fraction of sp³-hybridized carbons (Fsp3) is 1.00. The zero-order valence-electron chi connectivity index (χ0n) is 8.59. The molecule has 0 bridgehead atoms. The van der Waals surface area contributed by atoms with Crippen LogP contribution in [0.4, 0.5) is 0 Å². The van der Waals surface area contributed by atoms with Crippen LogP contribution in [0.15, 0.2) is 0 Å². The summed E-state index contributed by atoms with van der Waals surface area (Å²) in [6.45, 7) is 0. The molecule has 0 heterocycles. The highest BCUT2D eigenvalue weighted by Gasteiger charge is 2.25. The lowest BCUT2D eigenvalue weighted by atomic mass is 9.88. The Kier molecular flexibility index (Phi) is 3.23. The van der Waals surface area contributed by atoms with E-state index < -0.39 is 0 Å². The van der Waals surface area contributed by atoms with Gasteiger partial charge in [0.2, 0.25) is 0 Å². The van der Waals surface area contributed by atoms with Crippen molar-refractivity contribution in [3.63, 3.8) is 0 Å². The molecule has 2 saturated carbocycles. The molecule has 76 valence electrons. The molecule has 0 aromatic carbocycles. The summed E-state index contributed by atoms with van der Waals surface area (Å²) in [6, 6.07) is 1.57. The summed E-state index contributed by atoms with van der Waals surface area (Å²) in [5.74, 6) is 0. The van der Waals surface area contributed by atoms with Crippen molar-refractivity contribution < 1.29 is 4.74 Å². The first-order valence-corrected chi connectivity index (χ1v) is 5.67. The molecule has 13 heavy (non-hydrogen) atoms. The summed E-state index contributed by atoms with van der Waals surface area (Å²) in [6.07, 6.45) is 9.93. The van der Waals surface area contributed by atoms with Crippen LogP contribution in [-0.2, 0) is 4.74 Å². The van der Waals surface area contributed by atoms with Gasteiger partial charge >= 0.3 is 0 Å². The highest BCUT2D eigenvalue weighted by Crippen LogP contribution is 2.25. The number of ether oxygens (including phenoxy) is 1. The Morgan fingerprint density at radius 1 is 1.00 bits per heavy atom. The van der Waals surface area contributed by atoms with Crippen molar-refractivity contribution in [2.24, 2.45) is 0 Å². The second-order valence-electron chi connectivity index (χ2n) is 4.52. The minimum Gasteiger partial charge on any atom is -0.381 e. The van der Waals surface area contributed by atoms with Crippen molar-refractivity contribution in [2.45, 2.75) is 63.1 Å². The molecule has 0 aliphatic heterocycles. The highest BCUT2D eigenvalue weighted by atomic mass is 16.5. The van der Waals surface area contributed by atoms with Crippen LogP contribution in [0.3, 0.4) is 0 Å². The molecule has 1 N–H and O–H groups in total. The van der Waals surface area contributed by atoms with Gasteiger partial charge in [0.1, 0.15) is 0 Å². The first-order valence-electron chi connectivity index (χ1n) is 5.67. The van der Waals surface area contributed by atoms with Crippen LogP contribution in [-0.4, -0.2) is 25.3 Å². The van der Waals surface area contributed by atoms with E-state index in [0.717, 1.165) is 12.1 Å². The average Bonchev–Trinajstić information content (AvgIpc) is 2.12. The van der Waals surface area contributed by atoms with Gasteiger partial charge in [-0.25, -0.2) is 0 Å². The van der Waals surface area contributed by atoms with Gasteiger partial charge in [0.05, 0.1) is 6.10 Å². The van der Waals surface area contributed by atoms with Gasteiger partial charge in [0.15, 0.2) is 0 Å². The minimum atomic E-state index is 0.520. The SMILES string of the molecule is COC1CCCC(NC2CCC2)C1. The number of methoxy groups -OCH3 is 1. The van der Waals surface area contributed by atoms with Gasteiger partial charge in [0, 0.05) is 19.2 Å². The summed E-state index contributed by atoms with van der Waals surface area (Å²) < 4.78 is 5.41. The van der Waals surface area contributed by atoms with Crippen LogP contribution in [0.2, 0.25) is 0 Å².